The van der Waals surface area contributed by atoms with Gasteiger partial charge in [0, 0.05) is 18.2 Å². The highest BCUT2D eigenvalue weighted by Gasteiger charge is 2.23. The molecule has 9 heteroatoms. The minimum Gasteiger partial charge on any atom is -0.330 e. The van der Waals surface area contributed by atoms with Crippen LogP contribution in [0.15, 0.2) is 17.0 Å². The molecule has 3 N–H and O–H groups in total. The fourth-order valence-corrected chi connectivity index (χ4v) is 3.11. The number of rotatable bonds is 6. The zero-order valence-electron chi connectivity index (χ0n) is 10.2. The van der Waals surface area contributed by atoms with E-state index in [1.54, 1.807) is 0 Å². The number of nitrogens with two attached hydrogens (primary N) is 1. The van der Waals surface area contributed by atoms with Crippen molar-refractivity contribution in [3.05, 3.63) is 32.8 Å². The van der Waals surface area contributed by atoms with E-state index in [0.717, 1.165) is 6.07 Å². The molecule has 0 aliphatic carbocycles. The number of hydrogen-bond acceptors (Lipinski definition) is 5. The third-order valence-corrected chi connectivity index (χ3v) is 4.34. The van der Waals surface area contributed by atoms with Gasteiger partial charge in [-0.1, -0.05) is 11.6 Å². The molecule has 0 saturated carbocycles. The summed E-state index contributed by atoms with van der Waals surface area (Å²) in [5.41, 5.74) is 5.27. The highest BCUT2D eigenvalue weighted by Crippen LogP contribution is 2.29. The van der Waals surface area contributed by atoms with Crippen molar-refractivity contribution in [3.8, 4) is 0 Å². The van der Waals surface area contributed by atoms with Gasteiger partial charge in [-0.25, -0.2) is 13.1 Å². The Morgan fingerprint density at radius 2 is 2.11 bits per heavy atom. The lowest BCUT2D eigenvalue weighted by Gasteiger charge is -2.09. The molecule has 0 aliphatic heterocycles. The summed E-state index contributed by atoms with van der Waals surface area (Å²) < 4.78 is 26.2. The number of nitro benzene ring substituents is 1. The Bertz CT molecular complexity index is 589. The highest BCUT2D eigenvalue weighted by atomic mass is 35.5. The van der Waals surface area contributed by atoms with Crippen LogP contribution in [-0.4, -0.2) is 26.4 Å². The summed E-state index contributed by atoms with van der Waals surface area (Å²) in [6.45, 7) is 1.98. The molecule has 1 rings (SSSR count). The van der Waals surface area contributed by atoms with E-state index in [1.807, 2.05) is 0 Å². The Labute approximate surface area is 115 Å². The van der Waals surface area contributed by atoms with Gasteiger partial charge >= 0.3 is 0 Å². The molecule has 0 aromatic heterocycles. The lowest BCUT2D eigenvalue weighted by molar-refractivity contribution is -0.385. The van der Waals surface area contributed by atoms with E-state index < -0.39 is 14.9 Å². The Balaban J connectivity index is 3.19. The molecule has 0 aliphatic rings. The lowest BCUT2D eigenvalue weighted by Crippen LogP contribution is -2.26. The Morgan fingerprint density at radius 3 is 2.63 bits per heavy atom. The van der Waals surface area contributed by atoms with Crippen LogP contribution >= 0.6 is 11.6 Å². The lowest BCUT2D eigenvalue weighted by atomic mass is 10.2. The number of nitrogens with zero attached hydrogens (tertiary/aromatic N) is 1. The van der Waals surface area contributed by atoms with Gasteiger partial charge in [0.15, 0.2) is 0 Å². The average Bonchev–Trinajstić information content (AvgIpc) is 2.28. The number of hydrogen-bond donors (Lipinski definition) is 2. The van der Waals surface area contributed by atoms with Crippen LogP contribution in [0.2, 0.25) is 5.02 Å². The van der Waals surface area contributed by atoms with Crippen LogP contribution < -0.4 is 10.5 Å². The van der Waals surface area contributed by atoms with Gasteiger partial charge in [-0.05, 0) is 26.0 Å². The number of nitro groups is 1. The third kappa shape index (κ3) is 3.87. The Morgan fingerprint density at radius 1 is 1.47 bits per heavy atom. The van der Waals surface area contributed by atoms with Gasteiger partial charge in [0.05, 0.1) is 9.95 Å². The van der Waals surface area contributed by atoms with E-state index in [4.69, 9.17) is 17.3 Å². The van der Waals surface area contributed by atoms with Gasteiger partial charge in [0.25, 0.3) is 5.69 Å². The van der Waals surface area contributed by atoms with Crippen molar-refractivity contribution in [1.29, 1.82) is 0 Å². The topological polar surface area (TPSA) is 115 Å². The summed E-state index contributed by atoms with van der Waals surface area (Å²) in [7, 11) is -3.88. The van der Waals surface area contributed by atoms with Gasteiger partial charge in [-0.15, -0.1) is 0 Å². The maximum absolute atomic E-state index is 12.0. The number of sulfonamides is 1. The minimum atomic E-state index is -3.88. The standard InChI is InChI=1S/C10H14ClN3O4S/c1-7-5-8(11)10(6-9(7)14(15)16)19(17,18)13-4-2-3-12/h5-6,13H,2-4,12H2,1H3. The van der Waals surface area contributed by atoms with Gasteiger partial charge in [0.1, 0.15) is 4.90 Å². The largest absolute Gasteiger partial charge is 0.330 e. The second-order valence-electron chi connectivity index (χ2n) is 3.87. The molecule has 7 nitrogen and oxygen atoms in total. The van der Waals surface area contributed by atoms with Crippen molar-refractivity contribution in [3.63, 3.8) is 0 Å². The first-order valence-corrected chi connectivity index (χ1v) is 7.30. The second-order valence-corrected chi connectivity index (χ2v) is 6.01. The quantitative estimate of drug-likeness (QED) is 0.465. The van der Waals surface area contributed by atoms with E-state index >= 15 is 0 Å². The van der Waals surface area contributed by atoms with Gasteiger partial charge in [0.2, 0.25) is 10.0 Å². The number of benzene rings is 1. The Kier molecular flexibility index (Phi) is 5.24. The van der Waals surface area contributed by atoms with Crippen molar-refractivity contribution in [1.82, 2.24) is 4.72 Å². The second kappa shape index (κ2) is 6.29. The maximum Gasteiger partial charge on any atom is 0.273 e. The molecule has 0 radical (unpaired) electrons. The van der Waals surface area contributed by atoms with E-state index in [2.05, 4.69) is 4.72 Å². The van der Waals surface area contributed by atoms with Crippen molar-refractivity contribution in [2.75, 3.05) is 13.1 Å². The summed E-state index contributed by atoms with van der Waals surface area (Å²) in [5, 5.41) is 10.8. The molecule has 1 aromatic rings. The van der Waals surface area contributed by atoms with Crippen molar-refractivity contribution in [2.45, 2.75) is 18.2 Å². The van der Waals surface area contributed by atoms with Crippen LogP contribution in [0, 0.1) is 17.0 Å². The summed E-state index contributed by atoms with van der Waals surface area (Å²) in [5.74, 6) is 0. The molecule has 0 atom stereocenters. The van der Waals surface area contributed by atoms with E-state index in [1.165, 1.54) is 13.0 Å². The smallest absolute Gasteiger partial charge is 0.273 e. The first kappa shape index (κ1) is 15.8. The zero-order valence-corrected chi connectivity index (χ0v) is 11.8. The molecule has 0 heterocycles. The first-order chi connectivity index (χ1) is 8.79. The minimum absolute atomic E-state index is 0.0525. The van der Waals surface area contributed by atoms with Crippen LogP contribution in [0.3, 0.4) is 0 Å². The Hall–Kier alpha value is -1.22. The summed E-state index contributed by atoms with van der Waals surface area (Å²) in [4.78, 5) is 9.85. The van der Waals surface area contributed by atoms with E-state index in [0.29, 0.717) is 18.5 Å². The SMILES string of the molecule is Cc1cc(Cl)c(S(=O)(=O)NCCCN)cc1[N+](=O)[O-]. The molecule has 0 spiro atoms. The molecular formula is C10H14ClN3O4S. The van der Waals surface area contributed by atoms with Crippen LogP contribution in [0.1, 0.15) is 12.0 Å². The van der Waals surface area contributed by atoms with Crippen molar-refractivity contribution < 1.29 is 13.3 Å². The van der Waals surface area contributed by atoms with Gasteiger partial charge in [-0.3, -0.25) is 10.1 Å². The summed E-state index contributed by atoms with van der Waals surface area (Å²) in [6.07, 6.45) is 0.463. The monoisotopic (exact) mass is 307 g/mol. The first-order valence-electron chi connectivity index (χ1n) is 5.44. The normalized spacial score (nSPS) is 11.5. The number of halogens is 1. The number of nitrogens with one attached hydrogen (secondary N) is 1. The summed E-state index contributed by atoms with van der Waals surface area (Å²) in [6, 6.07) is 2.22. The molecule has 1 aromatic carbocycles. The highest BCUT2D eigenvalue weighted by molar-refractivity contribution is 7.89. The molecule has 19 heavy (non-hydrogen) atoms. The fraction of sp³-hybridized carbons (Fsp3) is 0.400. The van der Waals surface area contributed by atoms with Gasteiger partial charge in [-0.2, -0.15) is 0 Å². The number of aryl methyl sites for hydroxylation is 1. The van der Waals surface area contributed by atoms with Crippen LogP contribution in [-0.2, 0) is 10.0 Å². The molecule has 0 fully saturated rings. The summed E-state index contributed by atoms with van der Waals surface area (Å²) >= 11 is 5.84. The fourth-order valence-electron chi connectivity index (χ4n) is 1.43. The van der Waals surface area contributed by atoms with Crippen molar-refractivity contribution in [2.24, 2.45) is 5.73 Å². The predicted octanol–water partition coefficient (Wildman–Crippen LogP) is 1.18. The van der Waals surface area contributed by atoms with E-state index in [9.17, 15) is 18.5 Å². The molecule has 0 bridgehead atoms. The predicted molar refractivity (Wildman–Crippen MR) is 71.7 cm³/mol. The van der Waals surface area contributed by atoms with Crippen molar-refractivity contribution >= 4 is 27.3 Å². The van der Waals surface area contributed by atoms with Crippen LogP contribution in [0.4, 0.5) is 5.69 Å². The third-order valence-electron chi connectivity index (χ3n) is 2.41. The van der Waals surface area contributed by atoms with E-state index in [-0.39, 0.29) is 22.2 Å². The van der Waals surface area contributed by atoms with Crippen LogP contribution in [0.25, 0.3) is 0 Å². The molecule has 0 saturated heterocycles. The molecule has 0 amide bonds. The average molecular weight is 308 g/mol. The molecule has 106 valence electrons. The van der Waals surface area contributed by atoms with Gasteiger partial charge < -0.3 is 5.73 Å². The van der Waals surface area contributed by atoms with Crippen LogP contribution in [0.5, 0.6) is 0 Å². The zero-order chi connectivity index (χ0) is 14.6. The molecular weight excluding hydrogens is 294 g/mol. The molecule has 0 unspecified atom stereocenters. The maximum atomic E-state index is 12.0.